The molecular formula is C25H33N3O4. The average Bonchev–Trinajstić information content (AvgIpc) is 3.26. The number of methoxy groups -OCH3 is 2. The van der Waals surface area contributed by atoms with Gasteiger partial charge in [-0.05, 0) is 61.8 Å². The highest BCUT2D eigenvalue weighted by Crippen LogP contribution is 2.31. The molecular weight excluding hydrogens is 406 g/mol. The smallest absolute Gasteiger partial charge is 0.249 e. The van der Waals surface area contributed by atoms with Gasteiger partial charge in [0.25, 0.3) is 0 Å². The van der Waals surface area contributed by atoms with Crippen molar-refractivity contribution in [3.63, 3.8) is 0 Å². The highest BCUT2D eigenvalue weighted by atomic mass is 16.5. The summed E-state index contributed by atoms with van der Waals surface area (Å²) in [5.41, 5.74) is 1.84. The number of hydrogen-bond acceptors (Lipinski definition) is 4. The van der Waals surface area contributed by atoms with Gasteiger partial charge in [0.1, 0.15) is 18.0 Å². The molecule has 1 unspecified atom stereocenters. The van der Waals surface area contributed by atoms with Crippen molar-refractivity contribution in [2.24, 2.45) is 5.92 Å². The molecule has 1 aliphatic carbocycles. The van der Waals surface area contributed by atoms with Crippen LogP contribution in [0.4, 0.5) is 0 Å². The summed E-state index contributed by atoms with van der Waals surface area (Å²) in [4.78, 5) is 28.2. The molecule has 172 valence electrons. The van der Waals surface area contributed by atoms with Gasteiger partial charge in [-0.2, -0.15) is 0 Å². The number of benzene rings is 1. The van der Waals surface area contributed by atoms with Crippen LogP contribution < -0.4 is 14.8 Å². The number of rotatable bonds is 7. The number of nitrogens with zero attached hydrogens (tertiary/aromatic N) is 2. The number of carbonyl (C=O) groups is 2. The zero-order valence-corrected chi connectivity index (χ0v) is 19.2. The minimum atomic E-state index is -0.616. The third-order valence-electron chi connectivity index (χ3n) is 6.81. The lowest BCUT2D eigenvalue weighted by Gasteiger charge is -2.37. The van der Waals surface area contributed by atoms with E-state index in [1.807, 2.05) is 41.1 Å². The third kappa shape index (κ3) is 4.61. The van der Waals surface area contributed by atoms with Crippen LogP contribution in [0.2, 0.25) is 0 Å². The number of amides is 2. The molecule has 1 aromatic heterocycles. The van der Waals surface area contributed by atoms with Crippen molar-refractivity contribution in [1.29, 1.82) is 0 Å². The summed E-state index contributed by atoms with van der Waals surface area (Å²) in [6.45, 7) is 2.96. The van der Waals surface area contributed by atoms with Crippen LogP contribution in [0.25, 0.3) is 0 Å². The summed E-state index contributed by atoms with van der Waals surface area (Å²) >= 11 is 0. The lowest BCUT2D eigenvalue weighted by atomic mass is 9.87. The Balaban J connectivity index is 1.53. The minimum Gasteiger partial charge on any atom is -0.497 e. The van der Waals surface area contributed by atoms with Gasteiger partial charge in [0, 0.05) is 24.8 Å². The monoisotopic (exact) mass is 439 g/mol. The first-order valence-corrected chi connectivity index (χ1v) is 11.5. The summed E-state index contributed by atoms with van der Waals surface area (Å²) in [7, 11) is 3.24. The van der Waals surface area contributed by atoms with Crippen molar-refractivity contribution in [2.75, 3.05) is 20.8 Å². The van der Waals surface area contributed by atoms with Gasteiger partial charge in [-0.3, -0.25) is 9.59 Å². The topological polar surface area (TPSA) is 72.8 Å². The van der Waals surface area contributed by atoms with Crippen LogP contribution in [-0.4, -0.2) is 48.1 Å². The molecule has 0 radical (unpaired) electrons. The van der Waals surface area contributed by atoms with E-state index in [2.05, 4.69) is 12.2 Å². The molecule has 1 N–H and O–H groups in total. The number of carbonyl (C=O) groups excluding carboxylic acids is 2. The van der Waals surface area contributed by atoms with E-state index in [9.17, 15) is 9.59 Å². The van der Waals surface area contributed by atoms with Gasteiger partial charge in [0.2, 0.25) is 11.8 Å². The Morgan fingerprint density at radius 1 is 1.12 bits per heavy atom. The highest BCUT2D eigenvalue weighted by Gasteiger charge is 2.38. The maximum absolute atomic E-state index is 13.4. The summed E-state index contributed by atoms with van der Waals surface area (Å²) < 4.78 is 12.7. The highest BCUT2D eigenvalue weighted by molar-refractivity contribution is 5.90. The van der Waals surface area contributed by atoms with Crippen molar-refractivity contribution in [1.82, 2.24) is 14.8 Å². The zero-order valence-electron chi connectivity index (χ0n) is 19.2. The van der Waals surface area contributed by atoms with Gasteiger partial charge < -0.3 is 24.3 Å². The van der Waals surface area contributed by atoms with Crippen molar-refractivity contribution in [2.45, 2.75) is 57.7 Å². The van der Waals surface area contributed by atoms with Gasteiger partial charge in [-0.25, -0.2) is 0 Å². The molecule has 32 heavy (non-hydrogen) atoms. The predicted octanol–water partition coefficient (Wildman–Crippen LogP) is 3.33. The Hall–Kier alpha value is -2.96. The van der Waals surface area contributed by atoms with Gasteiger partial charge >= 0.3 is 0 Å². The Morgan fingerprint density at radius 3 is 2.62 bits per heavy atom. The fourth-order valence-electron chi connectivity index (χ4n) is 4.87. The number of ether oxygens (including phenoxy) is 2. The van der Waals surface area contributed by atoms with E-state index in [0.29, 0.717) is 18.9 Å². The Bertz CT molecular complexity index is 962. The van der Waals surface area contributed by atoms with Crippen LogP contribution in [0.5, 0.6) is 11.5 Å². The standard InChI is InChI=1S/C25H33N3O4/c1-17-6-9-19(10-7-17)26-25(30)24-21-5-4-13-27(21)16-23(29)28(24)14-12-18-8-11-20(31-2)15-22(18)32-3/h4-5,8,11,13,15,17,19,24H,6-7,9-10,12,14,16H2,1-3H3,(H,26,30). The Morgan fingerprint density at radius 2 is 1.91 bits per heavy atom. The first-order chi connectivity index (χ1) is 15.5. The second kappa shape index (κ2) is 9.67. The summed E-state index contributed by atoms with van der Waals surface area (Å²) in [5, 5.41) is 3.24. The molecule has 0 spiro atoms. The molecule has 1 atom stereocenters. The molecule has 1 aromatic carbocycles. The van der Waals surface area contributed by atoms with E-state index >= 15 is 0 Å². The fourth-order valence-corrected chi connectivity index (χ4v) is 4.87. The third-order valence-corrected chi connectivity index (χ3v) is 6.81. The first kappa shape index (κ1) is 22.2. The fraction of sp³-hybridized carbons (Fsp3) is 0.520. The number of fused-ring (bicyclic) bond motifs is 1. The van der Waals surface area contributed by atoms with Gasteiger partial charge in [0.05, 0.1) is 19.9 Å². The second-order valence-electron chi connectivity index (χ2n) is 8.94. The minimum absolute atomic E-state index is 0.0430. The van der Waals surface area contributed by atoms with E-state index < -0.39 is 6.04 Å². The summed E-state index contributed by atoms with van der Waals surface area (Å²) in [6.07, 6.45) is 6.72. The van der Waals surface area contributed by atoms with Crippen LogP contribution in [0, 0.1) is 5.92 Å². The largest absolute Gasteiger partial charge is 0.497 e. The maximum atomic E-state index is 13.4. The second-order valence-corrected chi connectivity index (χ2v) is 8.94. The lowest BCUT2D eigenvalue weighted by molar-refractivity contribution is -0.144. The number of aromatic nitrogens is 1. The van der Waals surface area contributed by atoms with Crippen LogP contribution in [0.3, 0.4) is 0 Å². The van der Waals surface area contributed by atoms with Crippen molar-refractivity contribution in [3.8, 4) is 11.5 Å². The number of nitrogens with one attached hydrogen (secondary N) is 1. The van der Waals surface area contributed by atoms with Gasteiger partial charge in [-0.15, -0.1) is 0 Å². The van der Waals surface area contributed by atoms with Crippen molar-refractivity contribution >= 4 is 11.8 Å². The van der Waals surface area contributed by atoms with Crippen LogP contribution in [0.15, 0.2) is 36.5 Å². The zero-order chi connectivity index (χ0) is 22.7. The number of hydrogen-bond donors (Lipinski definition) is 1. The van der Waals surface area contributed by atoms with Crippen molar-refractivity contribution < 1.29 is 19.1 Å². The molecule has 7 heteroatoms. The summed E-state index contributed by atoms with van der Waals surface area (Å²) in [6, 6.07) is 9.09. The SMILES string of the molecule is COc1ccc(CCN2C(=O)Cn3cccc3C2C(=O)NC2CCC(C)CC2)c(OC)c1. The van der Waals surface area contributed by atoms with E-state index in [-0.39, 0.29) is 24.4 Å². The molecule has 0 saturated heterocycles. The molecule has 7 nitrogen and oxygen atoms in total. The van der Waals surface area contributed by atoms with E-state index in [1.165, 1.54) is 0 Å². The molecule has 1 fully saturated rings. The molecule has 2 aliphatic rings. The summed E-state index contributed by atoms with van der Waals surface area (Å²) in [5.74, 6) is 2.02. The molecule has 2 amide bonds. The van der Waals surface area contributed by atoms with Crippen molar-refractivity contribution in [3.05, 3.63) is 47.8 Å². The van der Waals surface area contributed by atoms with E-state index in [0.717, 1.165) is 48.4 Å². The van der Waals surface area contributed by atoms with Crippen LogP contribution in [-0.2, 0) is 22.6 Å². The normalized spacial score (nSPS) is 22.9. The first-order valence-electron chi connectivity index (χ1n) is 11.5. The molecule has 1 saturated carbocycles. The Kier molecular flexibility index (Phi) is 6.72. The molecule has 2 heterocycles. The van der Waals surface area contributed by atoms with Gasteiger partial charge in [0.15, 0.2) is 6.04 Å². The van der Waals surface area contributed by atoms with Gasteiger partial charge in [-0.1, -0.05) is 13.0 Å². The van der Waals surface area contributed by atoms with E-state index in [4.69, 9.17) is 9.47 Å². The maximum Gasteiger partial charge on any atom is 0.249 e. The average molecular weight is 440 g/mol. The predicted molar refractivity (Wildman–Crippen MR) is 122 cm³/mol. The Labute approximate surface area is 189 Å². The molecule has 4 rings (SSSR count). The molecule has 0 bridgehead atoms. The molecule has 1 aliphatic heterocycles. The van der Waals surface area contributed by atoms with Crippen LogP contribution in [0.1, 0.15) is 49.9 Å². The molecule has 2 aromatic rings. The van der Waals surface area contributed by atoms with Crippen LogP contribution >= 0.6 is 0 Å². The lowest BCUT2D eigenvalue weighted by Crippen LogP contribution is -2.51. The van der Waals surface area contributed by atoms with E-state index in [1.54, 1.807) is 19.1 Å². The quantitative estimate of drug-likeness (QED) is 0.718.